The van der Waals surface area contributed by atoms with Crippen LogP contribution in [0.4, 0.5) is 18.9 Å². The molecule has 0 saturated heterocycles. The van der Waals surface area contributed by atoms with Crippen molar-refractivity contribution in [1.29, 1.82) is 0 Å². The van der Waals surface area contributed by atoms with Crippen LogP contribution in [0.1, 0.15) is 5.82 Å². The van der Waals surface area contributed by atoms with Crippen LogP contribution in [0.15, 0.2) is 47.4 Å². The molecular weight excluding hydrogens is 407 g/mol. The number of rotatable bonds is 5. The van der Waals surface area contributed by atoms with Crippen LogP contribution in [0, 0.1) is 17.5 Å². The van der Waals surface area contributed by atoms with E-state index < -0.39 is 17.2 Å². The molecule has 0 aliphatic heterocycles. The second-order valence-corrected chi connectivity index (χ2v) is 6.58. The van der Waals surface area contributed by atoms with Gasteiger partial charge < -0.3 is 10.3 Å². The molecule has 0 aliphatic carbocycles. The van der Waals surface area contributed by atoms with Crippen molar-refractivity contribution in [3.63, 3.8) is 0 Å². The summed E-state index contributed by atoms with van der Waals surface area (Å²) in [5.74, 6) is -1.43. The van der Waals surface area contributed by atoms with Gasteiger partial charge in [-0.25, -0.2) is 18.2 Å². The maximum atomic E-state index is 13.9. The lowest BCUT2D eigenvalue weighted by Gasteiger charge is -2.10. The standard InChI is InChI=1S/C19H13ClF3N5O/c20-18-15(9-25-28(19(18)29)16-4-2-10(21)7-12(16)23)24-6-5-17-26-13-3-1-11(22)8-14(13)27-17/h1-4,7-9,24H,5-6H2,(H,26,27). The molecular formula is C19H13ClF3N5O. The third-order valence-corrected chi connectivity index (χ3v) is 4.59. The number of hydrogen-bond donors (Lipinski definition) is 2. The Balaban J connectivity index is 1.50. The average Bonchev–Trinajstić information content (AvgIpc) is 3.08. The topological polar surface area (TPSA) is 75.6 Å². The van der Waals surface area contributed by atoms with Gasteiger partial charge in [-0.05, 0) is 30.3 Å². The number of halogens is 4. The fourth-order valence-corrected chi connectivity index (χ4v) is 3.04. The molecule has 10 heteroatoms. The van der Waals surface area contributed by atoms with Crippen LogP contribution < -0.4 is 10.9 Å². The second-order valence-electron chi connectivity index (χ2n) is 6.21. The van der Waals surface area contributed by atoms with Gasteiger partial charge in [0.15, 0.2) is 5.82 Å². The first kappa shape index (κ1) is 19.0. The molecule has 29 heavy (non-hydrogen) atoms. The van der Waals surface area contributed by atoms with Gasteiger partial charge in [0.25, 0.3) is 5.56 Å². The summed E-state index contributed by atoms with van der Waals surface area (Å²) in [6.45, 7) is 0.359. The summed E-state index contributed by atoms with van der Waals surface area (Å²) in [5.41, 5.74) is 0.534. The molecule has 148 valence electrons. The number of H-pyrrole nitrogens is 1. The van der Waals surface area contributed by atoms with Crippen LogP contribution in [-0.4, -0.2) is 26.3 Å². The molecule has 4 aromatic rings. The van der Waals surface area contributed by atoms with Gasteiger partial charge >= 0.3 is 0 Å². The normalized spacial score (nSPS) is 11.2. The number of nitrogens with one attached hydrogen (secondary N) is 2. The Morgan fingerprint density at radius 2 is 1.86 bits per heavy atom. The first-order valence-electron chi connectivity index (χ1n) is 8.53. The lowest BCUT2D eigenvalue weighted by Crippen LogP contribution is -2.24. The highest BCUT2D eigenvalue weighted by molar-refractivity contribution is 6.32. The molecule has 0 aliphatic rings. The number of imidazole rings is 1. The summed E-state index contributed by atoms with van der Waals surface area (Å²) in [6.07, 6.45) is 1.73. The van der Waals surface area contributed by atoms with Crippen LogP contribution >= 0.6 is 11.6 Å². The van der Waals surface area contributed by atoms with E-state index in [2.05, 4.69) is 20.4 Å². The van der Waals surface area contributed by atoms with E-state index in [1.165, 1.54) is 18.3 Å². The Morgan fingerprint density at radius 3 is 2.66 bits per heavy atom. The van der Waals surface area contributed by atoms with Crippen LogP contribution in [0.5, 0.6) is 0 Å². The molecule has 0 atom stereocenters. The van der Waals surface area contributed by atoms with Crippen molar-refractivity contribution in [1.82, 2.24) is 19.7 Å². The van der Waals surface area contributed by atoms with Gasteiger partial charge in [0.05, 0.1) is 22.9 Å². The van der Waals surface area contributed by atoms with E-state index in [9.17, 15) is 18.0 Å². The minimum Gasteiger partial charge on any atom is -0.382 e. The van der Waals surface area contributed by atoms with E-state index in [0.717, 1.165) is 16.8 Å². The highest BCUT2D eigenvalue weighted by atomic mass is 35.5. The summed E-state index contributed by atoms with van der Waals surface area (Å²) in [7, 11) is 0. The van der Waals surface area contributed by atoms with E-state index in [-0.39, 0.29) is 22.2 Å². The third-order valence-electron chi connectivity index (χ3n) is 4.23. The summed E-state index contributed by atoms with van der Waals surface area (Å²) in [4.78, 5) is 19.8. The summed E-state index contributed by atoms with van der Waals surface area (Å²) in [5, 5.41) is 6.68. The molecule has 0 radical (unpaired) electrons. The van der Waals surface area contributed by atoms with Crippen molar-refractivity contribution in [2.75, 3.05) is 11.9 Å². The maximum Gasteiger partial charge on any atom is 0.292 e. The molecule has 6 nitrogen and oxygen atoms in total. The SMILES string of the molecule is O=c1c(Cl)c(NCCc2nc3ccc(F)cc3[nH]2)cnn1-c1ccc(F)cc1F. The Kier molecular flexibility index (Phi) is 4.98. The van der Waals surface area contributed by atoms with E-state index in [1.54, 1.807) is 6.07 Å². The Hall–Kier alpha value is -3.33. The molecule has 0 unspecified atom stereocenters. The lowest BCUT2D eigenvalue weighted by atomic mass is 10.3. The smallest absolute Gasteiger partial charge is 0.292 e. The fraction of sp³-hybridized carbons (Fsp3) is 0.105. The van der Waals surface area contributed by atoms with E-state index >= 15 is 0 Å². The molecule has 2 N–H and O–H groups in total. The third kappa shape index (κ3) is 3.81. The number of benzene rings is 2. The van der Waals surface area contributed by atoms with Crippen molar-refractivity contribution in [3.05, 3.63) is 81.2 Å². The zero-order valence-corrected chi connectivity index (χ0v) is 15.5. The first-order valence-corrected chi connectivity index (χ1v) is 8.91. The highest BCUT2D eigenvalue weighted by Gasteiger charge is 2.14. The van der Waals surface area contributed by atoms with Crippen molar-refractivity contribution >= 4 is 28.3 Å². The predicted octanol–water partition coefficient (Wildman–Crippen LogP) is 3.83. The van der Waals surface area contributed by atoms with E-state index in [0.29, 0.717) is 35.9 Å². The molecule has 4 rings (SSSR count). The Morgan fingerprint density at radius 1 is 1.10 bits per heavy atom. The van der Waals surface area contributed by atoms with Gasteiger partial charge in [-0.2, -0.15) is 9.78 Å². The minimum absolute atomic E-state index is 0.185. The van der Waals surface area contributed by atoms with Crippen LogP contribution in [0.3, 0.4) is 0 Å². The van der Waals surface area contributed by atoms with Gasteiger partial charge in [-0.3, -0.25) is 4.79 Å². The zero-order chi connectivity index (χ0) is 20.5. The lowest BCUT2D eigenvalue weighted by molar-refractivity contribution is 0.570. The largest absolute Gasteiger partial charge is 0.382 e. The van der Waals surface area contributed by atoms with E-state index in [1.807, 2.05) is 0 Å². The van der Waals surface area contributed by atoms with Crippen molar-refractivity contribution in [2.45, 2.75) is 6.42 Å². The van der Waals surface area contributed by atoms with Crippen LogP contribution in [0.25, 0.3) is 16.7 Å². The molecule has 0 spiro atoms. The molecule has 0 saturated carbocycles. The molecule has 2 aromatic carbocycles. The summed E-state index contributed by atoms with van der Waals surface area (Å²) in [6, 6.07) is 7.04. The second kappa shape index (κ2) is 7.59. The van der Waals surface area contributed by atoms with Crippen LogP contribution in [-0.2, 0) is 6.42 Å². The number of hydrogen-bond acceptors (Lipinski definition) is 4. The quantitative estimate of drug-likeness (QED) is 0.515. The Labute approximate surface area is 167 Å². The molecule has 2 heterocycles. The number of aromatic amines is 1. The van der Waals surface area contributed by atoms with Gasteiger partial charge in [-0.15, -0.1) is 0 Å². The number of anilines is 1. The maximum absolute atomic E-state index is 13.9. The average molecular weight is 420 g/mol. The molecule has 2 aromatic heterocycles. The van der Waals surface area contributed by atoms with Gasteiger partial charge in [-0.1, -0.05) is 11.6 Å². The fourth-order valence-electron chi connectivity index (χ4n) is 2.85. The predicted molar refractivity (Wildman–Crippen MR) is 103 cm³/mol. The summed E-state index contributed by atoms with van der Waals surface area (Å²) < 4.78 is 41.0. The van der Waals surface area contributed by atoms with Crippen molar-refractivity contribution in [3.8, 4) is 5.69 Å². The van der Waals surface area contributed by atoms with Gasteiger partial charge in [0.2, 0.25) is 0 Å². The first-order chi connectivity index (χ1) is 13.9. The molecule has 0 fully saturated rings. The monoisotopic (exact) mass is 419 g/mol. The molecule has 0 bridgehead atoms. The van der Waals surface area contributed by atoms with E-state index in [4.69, 9.17) is 11.6 Å². The number of fused-ring (bicyclic) bond motifs is 1. The van der Waals surface area contributed by atoms with Crippen LogP contribution in [0.2, 0.25) is 5.02 Å². The minimum atomic E-state index is -0.933. The van der Waals surface area contributed by atoms with Crippen molar-refractivity contribution in [2.24, 2.45) is 0 Å². The number of aromatic nitrogens is 4. The zero-order valence-electron chi connectivity index (χ0n) is 14.7. The van der Waals surface area contributed by atoms with Gasteiger partial charge in [0.1, 0.15) is 28.2 Å². The van der Waals surface area contributed by atoms with Gasteiger partial charge in [0, 0.05) is 19.0 Å². The highest BCUT2D eigenvalue weighted by Crippen LogP contribution is 2.19. The molecule has 0 amide bonds. The van der Waals surface area contributed by atoms with Crippen molar-refractivity contribution < 1.29 is 13.2 Å². The number of nitrogens with zero attached hydrogens (tertiary/aromatic N) is 3. The Bertz CT molecular complexity index is 1270. The summed E-state index contributed by atoms with van der Waals surface area (Å²) >= 11 is 6.10.